The molecule has 0 saturated heterocycles. The molecular formula is C51H52N2. The third-order valence-electron chi connectivity index (χ3n) is 9.52. The molecule has 53 heavy (non-hydrogen) atoms. The number of benzene rings is 6. The summed E-state index contributed by atoms with van der Waals surface area (Å²) in [6, 6.07) is 42.4. The van der Waals surface area contributed by atoms with Crippen LogP contribution < -0.4 is 9.80 Å². The van der Waals surface area contributed by atoms with Crippen molar-refractivity contribution in [3.05, 3.63) is 200 Å². The van der Waals surface area contributed by atoms with Crippen molar-refractivity contribution in [1.82, 2.24) is 0 Å². The third-order valence-corrected chi connectivity index (χ3v) is 9.52. The van der Waals surface area contributed by atoms with E-state index in [1.807, 2.05) is 0 Å². The highest BCUT2D eigenvalue weighted by atomic mass is 15.1. The van der Waals surface area contributed by atoms with Gasteiger partial charge < -0.3 is 9.80 Å². The van der Waals surface area contributed by atoms with Gasteiger partial charge in [0.05, 0.1) is 0 Å². The molecule has 0 unspecified atom stereocenters. The van der Waals surface area contributed by atoms with Crippen LogP contribution in [0.2, 0.25) is 0 Å². The summed E-state index contributed by atoms with van der Waals surface area (Å²) in [5, 5.41) is 0. The minimum Gasteiger partial charge on any atom is -0.311 e. The van der Waals surface area contributed by atoms with E-state index in [1.54, 1.807) is 0 Å². The SMILES string of the molecule is C=C(/C=C\c1cc(/C=C/c2ccc(N(c3cc(C)cc(C)c3)c3cc(C)cc(C)c3)cc2)ccc1C)N(c1cc(C)cc(C)c1)c1cc(C)cc(C)c1. The Labute approximate surface area is 318 Å². The van der Waals surface area contributed by atoms with Crippen LogP contribution in [0.3, 0.4) is 0 Å². The lowest BCUT2D eigenvalue weighted by Crippen LogP contribution is -2.15. The highest BCUT2D eigenvalue weighted by molar-refractivity contribution is 5.80. The monoisotopic (exact) mass is 692 g/mol. The molecule has 0 saturated carbocycles. The van der Waals surface area contributed by atoms with Crippen LogP contribution in [0.4, 0.5) is 28.4 Å². The van der Waals surface area contributed by atoms with Gasteiger partial charge in [-0.1, -0.05) is 73.3 Å². The van der Waals surface area contributed by atoms with Gasteiger partial charge in [-0.25, -0.2) is 0 Å². The van der Waals surface area contributed by atoms with Crippen LogP contribution in [0.15, 0.2) is 134 Å². The summed E-state index contributed by atoms with van der Waals surface area (Å²) in [5.41, 5.74) is 21.3. The standard InChI is InChI=1S/C51H52N2/c1-34-21-35(2)26-48(25-34)52(49-27-36(3)22-37(4)28-49)43(10)12-18-46-33-45(13-11-42(46)9)15-14-44-16-19-47(20-17-44)53(50-29-38(5)23-39(6)30-50)51-31-40(7)24-41(8)32-51/h11-33H,10H2,1-9H3/b15-14+,18-12-. The Bertz CT molecular complexity index is 2170. The van der Waals surface area contributed by atoms with Crippen molar-refractivity contribution in [3.8, 4) is 0 Å². The van der Waals surface area contributed by atoms with Gasteiger partial charge >= 0.3 is 0 Å². The fraction of sp³-hybridized carbons (Fsp3) is 0.176. The van der Waals surface area contributed by atoms with Gasteiger partial charge in [0.2, 0.25) is 0 Å². The molecule has 6 aromatic rings. The van der Waals surface area contributed by atoms with Crippen molar-refractivity contribution in [2.45, 2.75) is 62.3 Å². The first-order valence-electron chi connectivity index (χ1n) is 18.5. The maximum absolute atomic E-state index is 4.57. The normalized spacial score (nSPS) is 11.4. The van der Waals surface area contributed by atoms with Gasteiger partial charge in [-0.2, -0.15) is 0 Å². The van der Waals surface area contributed by atoms with E-state index in [9.17, 15) is 0 Å². The molecule has 0 atom stereocenters. The predicted molar refractivity (Wildman–Crippen MR) is 232 cm³/mol. The molecule has 0 heterocycles. The number of hydrogen-bond acceptors (Lipinski definition) is 2. The third kappa shape index (κ3) is 9.15. The van der Waals surface area contributed by atoms with Crippen LogP contribution in [0.5, 0.6) is 0 Å². The van der Waals surface area contributed by atoms with Crippen molar-refractivity contribution < 1.29 is 0 Å². The first kappa shape index (κ1) is 36.9. The Morgan fingerprint density at radius 3 is 1.21 bits per heavy atom. The van der Waals surface area contributed by atoms with Crippen molar-refractivity contribution in [3.63, 3.8) is 0 Å². The zero-order valence-electron chi connectivity index (χ0n) is 32.9. The maximum Gasteiger partial charge on any atom is 0.0466 e. The van der Waals surface area contributed by atoms with Gasteiger partial charge in [0.1, 0.15) is 0 Å². The fourth-order valence-electron chi connectivity index (χ4n) is 7.38. The molecule has 0 fully saturated rings. The first-order chi connectivity index (χ1) is 25.3. The van der Waals surface area contributed by atoms with E-state index in [4.69, 9.17) is 0 Å². The average Bonchev–Trinajstić information content (AvgIpc) is 3.06. The van der Waals surface area contributed by atoms with Gasteiger partial charge in [-0.15, -0.1) is 0 Å². The molecule has 0 aliphatic rings. The number of hydrogen-bond donors (Lipinski definition) is 0. The summed E-state index contributed by atoms with van der Waals surface area (Å²) in [4.78, 5) is 4.63. The molecule has 6 rings (SSSR count). The highest BCUT2D eigenvalue weighted by Gasteiger charge is 2.16. The van der Waals surface area contributed by atoms with Crippen LogP contribution in [-0.4, -0.2) is 0 Å². The van der Waals surface area contributed by atoms with Gasteiger partial charge in [0.25, 0.3) is 0 Å². The minimum absolute atomic E-state index is 0.913. The van der Waals surface area contributed by atoms with E-state index in [-0.39, 0.29) is 0 Å². The molecule has 2 nitrogen and oxygen atoms in total. The number of aryl methyl sites for hydroxylation is 9. The molecular weight excluding hydrogens is 641 g/mol. The van der Waals surface area contributed by atoms with E-state index >= 15 is 0 Å². The predicted octanol–water partition coefficient (Wildman–Crippen LogP) is 14.5. The van der Waals surface area contributed by atoms with Crippen molar-refractivity contribution in [1.29, 1.82) is 0 Å². The maximum atomic E-state index is 4.57. The number of rotatable bonds is 10. The molecule has 0 aliphatic heterocycles. The highest BCUT2D eigenvalue weighted by Crippen LogP contribution is 2.37. The smallest absolute Gasteiger partial charge is 0.0466 e. The zero-order chi connectivity index (χ0) is 37.8. The Morgan fingerprint density at radius 1 is 0.396 bits per heavy atom. The minimum atomic E-state index is 0.913. The molecule has 0 bridgehead atoms. The summed E-state index contributed by atoms with van der Waals surface area (Å²) in [6.45, 7) is 24.0. The second kappa shape index (κ2) is 15.8. The van der Waals surface area contributed by atoms with Crippen LogP contribution >= 0.6 is 0 Å². The lowest BCUT2D eigenvalue weighted by Gasteiger charge is -2.27. The van der Waals surface area contributed by atoms with E-state index < -0.39 is 0 Å². The van der Waals surface area contributed by atoms with Crippen molar-refractivity contribution in [2.24, 2.45) is 0 Å². The van der Waals surface area contributed by atoms with E-state index in [2.05, 4.69) is 218 Å². The first-order valence-corrected chi connectivity index (χ1v) is 18.5. The molecule has 2 heteroatoms. The molecule has 6 aromatic carbocycles. The number of nitrogens with zero attached hydrogens (tertiary/aromatic N) is 2. The Balaban J connectivity index is 1.26. The van der Waals surface area contributed by atoms with Gasteiger partial charge in [-0.3, -0.25) is 0 Å². The van der Waals surface area contributed by atoms with E-state index in [1.165, 1.54) is 67.0 Å². The summed E-state index contributed by atoms with van der Waals surface area (Å²) < 4.78 is 0. The molecule has 0 amide bonds. The summed E-state index contributed by atoms with van der Waals surface area (Å²) in [6.07, 6.45) is 8.72. The summed E-state index contributed by atoms with van der Waals surface area (Å²) >= 11 is 0. The molecule has 266 valence electrons. The molecule has 0 aromatic heterocycles. The second-order valence-electron chi connectivity index (χ2n) is 14.9. The van der Waals surface area contributed by atoms with Gasteiger partial charge in [0.15, 0.2) is 0 Å². The van der Waals surface area contributed by atoms with Crippen molar-refractivity contribution in [2.75, 3.05) is 9.80 Å². The van der Waals surface area contributed by atoms with Gasteiger partial charge in [-0.05, 0) is 202 Å². The van der Waals surface area contributed by atoms with Gasteiger partial charge in [0, 0.05) is 34.1 Å². The van der Waals surface area contributed by atoms with Crippen LogP contribution in [0, 0.1) is 62.3 Å². The largest absolute Gasteiger partial charge is 0.311 e. The quantitative estimate of drug-likeness (QED) is 0.104. The van der Waals surface area contributed by atoms with E-state index in [0.29, 0.717) is 0 Å². The van der Waals surface area contributed by atoms with Crippen LogP contribution in [-0.2, 0) is 0 Å². The van der Waals surface area contributed by atoms with E-state index in [0.717, 1.165) is 33.9 Å². The van der Waals surface area contributed by atoms with Crippen molar-refractivity contribution >= 4 is 46.7 Å². The second-order valence-corrected chi connectivity index (χ2v) is 14.9. The molecule has 0 N–H and O–H groups in total. The van der Waals surface area contributed by atoms with Crippen LogP contribution in [0.25, 0.3) is 18.2 Å². The summed E-state index contributed by atoms with van der Waals surface area (Å²) in [7, 11) is 0. The Hall–Kier alpha value is -5.86. The number of allylic oxidation sites excluding steroid dienone is 1. The lowest BCUT2D eigenvalue weighted by atomic mass is 10.0. The summed E-state index contributed by atoms with van der Waals surface area (Å²) in [5.74, 6) is 0. The topological polar surface area (TPSA) is 6.48 Å². The zero-order valence-corrected chi connectivity index (χ0v) is 32.9. The molecule has 0 aliphatic carbocycles. The average molecular weight is 693 g/mol. The fourth-order valence-corrected chi connectivity index (χ4v) is 7.38. The van der Waals surface area contributed by atoms with Crippen LogP contribution in [0.1, 0.15) is 66.8 Å². The molecule has 0 spiro atoms. The molecule has 0 radical (unpaired) electrons. The Kier molecular flexibility index (Phi) is 11.0. The lowest BCUT2D eigenvalue weighted by molar-refractivity contribution is 1.19. The number of anilines is 5. The Morgan fingerprint density at radius 2 is 0.774 bits per heavy atom.